The molecule has 0 bridgehead atoms. The molecule has 6 heteroatoms. The van der Waals surface area contributed by atoms with Crippen LogP contribution in [0.5, 0.6) is 11.5 Å². The molecule has 0 saturated heterocycles. The Morgan fingerprint density at radius 3 is 2.90 bits per heavy atom. The van der Waals surface area contributed by atoms with E-state index >= 15 is 0 Å². The molecular weight excluding hydrogens is 272 g/mol. The smallest absolute Gasteiger partial charge is 0.265 e. The Kier molecular flexibility index (Phi) is 3.68. The molecular formula is C15H18N2O4. The maximum Gasteiger partial charge on any atom is 0.265 e. The Balaban J connectivity index is 1.73. The number of carbonyl (C=O) groups excluding carboxylic acids is 2. The topological polar surface area (TPSA) is 78.9 Å². The Morgan fingerprint density at radius 1 is 1.38 bits per heavy atom. The maximum atomic E-state index is 12.1. The zero-order valence-electron chi connectivity index (χ0n) is 11.7. The highest BCUT2D eigenvalue weighted by atomic mass is 16.5. The third-order valence-corrected chi connectivity index (χ3v) is 3.91. The van der Waals surface area contributed by atoms with Crippen molar-refractivity contribution in [3.8, 4) is 11.5 Å². The lowest BCUT2D eigenvalue weighted by Crippen LogP contribution is -2.46. The lowest BCUT2D eigenvalue weighted by Gasteiger charge is -2.29. The average Bonchev–Trinajstić information content (AvgIpc) is 2.95. The van der Waals surface area contributed by atoms with E-state index in [0.717, 1.165) is 25.7 Å². The number of hydrogen-bond acceptors (Lipinski definition) is 4. The predicted molar refractivity (Wildman–Crippen MR) is 76.4 cm³/mol. The zero-order chi connectivity index (χ0) is 14.8. The second kappa shape index (κ2) is 5.63. The highest BCUT2D eigenvalue weighted by Crippen LogP contribution is 2.34. The highest BCUT2D eigenvalue weighted by molar-refractivity contribution is 6.02. The fraction of sp³-hybridized carbons (Fsp3) is 0.467. The van der Waals surface area contributed by atoms with Crippen molar-refractivity contribution in [2.24, 2.45) is 0 Å². The lowest BCUT2D eigenvalue weighted by atomic mass is 10.2. The fourth-order valence-electron chi connectivity index (χ4n) is 2.85. The van der Waals surface area contributed by atoms with E-state index in [0.29, 0.717) is 11.4 Å². The molecule has 2 amide bonds. The maximum absolute atomic E-state index is 12.1. The Labute approximate surface area is 122 Å². The molecule has 1 saturated carbocycles. The van der Waals surface area contributed by atoms with Crippen molar-refractivity contribution < 1.29 is 19.4 Å². The molecule has 1 aromatic rings. The van der Waals surface area contributed by atoms with Crippen LogP contribution in [0, 0.1) is 0 Å². The van der Waals surface area contributed by atoms with Gasteiger partial charge in [0.25, 0.3) is 5.91 Å². The van der Waals surface area contributed by atoms with E-state index < -0.39 is 0 Å². The van der Waals surface area contributed by atoms with Crippen LogP contribution in [0.4, 0.5) is 5.69 Å². The Bertz CT molecular complexity index is 567. The van der Waals surface area contributed by atoms with E-state index in [9.17, 15) is 14.7 Å². The average molecular weight is 290 g/mol. The molecule has 1 heterocycles. The molecule has 3 rings (SSSR count). The summed E-state index contributed by atoms with van der Waals surface area (Å²) in [6.45, 7) is -0.135. The number of aromatic hydroxyl groups is 1. The zero-order valence-corrected chi connectivity index (χ0v) is 11.7. The number of hydrogen-bond donors (Lipinski definition) is 2. The standard InChI is InChI=1S/C15H18N2O4/c18-11-5-6-13-12(7-11)17(15(20)9-21-13)8-14(19)16-10-3-1-2-4-10/h5-7,10,18H,1-4,8-9H2,(H,16,19). The summed E-state index contributed by atoms with van der Waals surface area (Å²) in [5.41, 5.74) is 0.438. The number of carbonyl (C=O) groups is 2. The van der Waals surface area contributed by atoms with Crippen LogP contribution >= 0.6 is 0 Å². The summed E-state index contributed by atoms with van der Waals surface area (Å²) in [5.74, 6) is 0.0791. The van der Waals surface area contributed by atoms with Gasteiger partial charge in [-0.1, -0.05) is 12.8 Å². The lowest BCUT2D eigenvalue weighted by molar-refractivity contribution is -0.125. The molecule has 2 N–H and O–H groups in total. The summed E-state index contributed by atoms with van der Waals surface area (Å²) in [7, 11) is 0. The molecule has 0 atom stereocenters. The molecule has 0 aromatic heterocycles. The monoisotopic (exact) mass is 290 g/mol. The van der Waals surface area contributed by atoms with Gasteiger partial charge in [0.2, 0.25) is 5.91 Å². The Morgan fingerprint density at radius 2 is 2.14 bits per heavy atom. The minimum Gasteiger partial charge on any atom is -0.508 e. The van der Waals surface area contributed by atoms with Crippen molar-refractivity contribution in [2.75, 3.05) is 18.1 Å². The van der Waals surface area contributed by atoms with Crippen molar-refractivity contribution in [2.45, 2.75) is 31.7 Å². The van der Waals surface area contributed by atoms with Crippen molar-refractivity contribution in [3.63, 3.8) is 0 Å². The first-order valence-electron chi connectivity index (χ1n) is 7.19. The summed E-state index contributed by atoms with van der Waals surface area (Å²) < 4.78 is 5.30. The van der Waals surface area contributed by atoms with Gasteiger partial charge >= 0.3 is 0 Å². The first-order chi connectivity index (χ1) is 10.1. The van der Waals surface area contributed by atoms with E-state index in [1.807, 2.05) is 0 Å². The van der Waals surface area contributed by atoms with Gasteiger partial charge in [0, 0.05) is 12.1 Å². The highest BCUT2D eigenvalue weighted by Gasteiger charge is 2.28. The summed E-state index contributed by atoms with van der Waals surface area (Å²) in [4.78, 5) is 25.4. The van der Waals surface area contributed by atoms with Crippen molar-refractivity contribution in [1.82, 2.24) is 5.32 Å². The third kappa shape index (κ3) is 2.94. The molecule has 0 spiro atoms. The fourth-order valence-corrected chi connectivity index (χ4v) is 2.85. The van der Waals surface area contributed by atoms with Gasteiger partial charge in [-0.2, -0.15) is 0 Å². The van der Waals surface area contributed by atoms with Gasteiger partial charge in [0.05, 0.1) is 5.69 Å². The van der Waals surface area contributed by atoms with Gasteiger partial charge in [-0.25, -0.2) is 0 Å². The molecule has 2 aliphatic rings. The summed E-state index contributed by atoms with van der Waals surface area (Å²) in [6, 6.07) is 4.75. The van der Waals surface area contributed by atoms with E-state index in [2.05, 4.69) is 5.32 Å². The summed E-state index contributed by atoms with van der Waals surface area (Å²) in [5, 5.41) is 12.5. The van der Waals surface area contributed by atoms with Gasteiger partial charge in [-0.05, 0) is 25.0 Å². The summed E-state index contributed by atoms with van der Waals surface area (Å²) in [6.07, 6.45) is 4.27. The largest absolute Gasteiger partial charge is 0.508 e. The van der Waals surface area contributed by atoms with Crippen LogP contribution in [0.15, 0.2) is 18.2 Å². The number of rotatable bonds is 3. The summed E-state index contributed by atoms with van der Waals surface area (Å²) >= 11 is 0. The number of phenolic OH excluding ortho intramolecular Hbond substituents is 1. The molecule has 1 aliphatic carbocycles. The number of ether oxygens (including phenoxy) is 1. The number of nitrogens with zero attached hydrogens (tertiary/aromatic N) is 1. The van der Waals surface area contributed by atoms with Crippen LogP contribution in [-0.2, 0) is 9.59 Å². The molecule has 1 aliphatic heterocycles. The number of nitrogens with one attached hydrogen (secondary N) is 1. The number of phenols is 1. The first-order valence-corrected chi connectivity index (χ1v) is 7.19. The first kappa shape index (κ1) is 13.7. The SMILES string of the molecule is O=C(CN1C(=O)COc2ccc(O)cc21)NC1CCCC1. The second-order valence-electron chi connectivity index (χ2n) is 5.47. The molecule has 0 unspecified atom stereocenters. The van der Waals surface area contributed by atoms with Crippen molar-refractivity contribution >= 4 is 17.5 Å². The normalized spacial score (nSPS) is 18.3. The molecule has 112 valence electrons. The van der Waals surface area contributed by atoms with E-state index in [4.69, 9.17) is 4.74 Å². The number of benzene rings is 1. The van der Waals surface area contributed by atoms with Crippen LogP contribution in [-0.4, -0.2) is 36.1 Å². The van der Waals surface area contributed by atoms with E-state index in [1.165, 1.54) is 17.0 Å². The quantitative estimate of drug-likeness (QED) is 0.876. The van der Waals surface area contributed by atoms with Gasteiger partial charge < -0.3 is 15.2 Å². The van der Waals surface area contributed by atoms with E-state index in [-0.39, 0.29) is 36.8 Å². The van der Waals surface area contributed by atoms with Crippen LogP contribution in [0.2, 0.25) is 0 Å². The number of fused-ring (bicyclic) bond motifs is 1. The minimum absolute atomic E-state index is 0.0354. The van der Waals surface area contributed by atoms with Crippen LogP contribution < -0.4 is 15.0 Å². The van der Waals surface area contributed by atoms with Gasteiger partial charge in [-0.3, -0.25) is 14.5 Å². The molecule has 1 aromatic carbocycles. The molecule has 0 radical (unpaired) electrons. The molecule has 21 heavy (non-hydrogen) atoms. The van der Waals surface area contributed by atoms with Crippen LogP contribution in [0.1, 0.15) is 25.7 Å². The Hall–Kier alpha value is -2.24. The van der Waals surface area contributed by atoms with Gasteiger partial charge in [0.15, 0.2) is 6.61 Å². The van der Waals surface area contributed by atoms with Crippen molar-refractivity contribution in [1.29, 1.82) is 0 Å². The van der Waals surface area contributed by atoms with Gasteiger partial charge in [0.1, 0.15) is 18.0 Å². The van der Waals surface area contributed by atoms with Gasteiger partial charge in [-0.15, -0.1) is 0 Å². The number of anilines is 1. The molecule has 1 fully saturated rings. The molecule has 6 nitrogen and oxygen atoms in total. The second-order valence-corrected chi connectivity index (χ2v) is 5.47. The van der Waals surface area contributed by atoms with E-state index in [1.54, 1.807) is 6.07 Å². The minimum atomic E-state index is -0.283. The van der Waals surface area contributed by atoms with Crippen molar-refractivity contribution in [3.05, 3.63) is 18.2 Å². The van der Waals surface area contributed by atoms with Crippen LogP contribution in [0.3, 0.4) is 0 Å². The third-order valence-electron chi connectivity index (χ3n) is 3.91. The van der Waals surface area contributed by atoms with Crippen LogP contribution in [0.25, 0.3) is 0 Å². The predicted octanol–water partition coefficient (Wildman–Crippen LogP) is 1.18. The number of amides is 2.